The maximum Gasteiger partial charge on any atom is 0.252 e. The Kier molecular flexibility index (Phi) is 5.91. The Morgan fingerprint density at radius 2 is 1.94 bits per heavy atom. The zero-order valence-corrected chi connectivity index (χ0v) is 15.9. The van der Waals surface area contributed by atoms with Crippen molar-refractivity contribution in [1.29, 1.82) is 0 Å². The summed E-state index contributed by atoms with van der Waals surface area (Å²) in [6.45, 7) is 1.45. The van der Waals surface area contributed by atoms with Gasteiger partial charge in [0.1, 0.15) is 0 Å². The lowest BCUT2D eigenvalue weighted by molar-refractivity contribution is -0.212. The highest BCUT2D eigenvalue weighted by Crippen LogP contribution is 2.22. The van der Waals surface area contributed by atoms with E-state index in [-0.39, 0.29) is 5.75 Å². The fourth-order valence-electron chi connectivity index (χ4n) is 0.952. The van der Waals surface area contributed by atoms with Crippen LogP contribution in [0, 0.1) is 10.7 Å². The quantitative estimate of drug-likeness (QED) is 0.234. The molecule has 1 aromatic rings. The molecule has 0 saturated heterocycles. The van der Waals surface area contributed by atoms with Gasteiger partial charge in [0, 0.05) is 22.2 Å². The van der Waals surface area contributed by atoms with E-state index >= 15 is 0 Å². The lowest BCUT2D eigenvalue weighted by Gasteiger charge is -2.14. The summed E-state index contributed by atoms with van der Waals surface area (Å²) in [4.78, 5) is 0. The molecular weight excluding hydrogens is 583 g/mol. The predicted molar refractivity (Wildman–Crippen MR) is 90.6 cm³/mol. The van der Waals surface area contributed by atoms with Gasteiger partial charge in [-0.1, -0.05) is 0 Å². The minimum atomic E-state index is -3.64. The second-order valence-corrected chi connectivity index (χ2v) is 8.43. The van der Waals surface area contributed by atoms with Gasteiger partial charge in [-0.05, 0) is 86.8 Å². The van der Waals surface area contributed by atoms with Gasteiger partial charge < -0.3 is 5.11 Å². The van der Waals surface area contributed by atoms with Crippen molar-refractivity contribution >= 4 is 83.7 Å². The molecule has 0 aliphatic rings. The van der Waals surface area contributed by atoms with Crippen LogP contribution in [0.5, 0.6) is 0 Å². The Hall–Kier alpha value is 0.830. The minimum Gasteiger partial charge on any atom is -0.858 e. The number of hydrogen-bond donors (Lipinski definition) is 0. The average molecular weight is 590 g/mol. The van der Waals surface area contributed by atoms with Gasteiger partial charge in [-0.25, -0.2) is 8.42 Å². The van der Waals surface area contributed by atoms with Gasteiger partial charge in [-0.15, -0.1) is 0 Å². The van der Waals surface area contributed by atoms with Gasteiger partial charge in [0.2, 0.25) is 0 Å². The van der Waals surface area contributed by atoms with Crippen molar-refractivity contribution < 1.29 is 13.5 Å². The lowest BCUT2D eigenvalue weighted by atomic mass is 10.2. The van der Waals surface area contributed by atoms with Crippen LogP contribution >= 0.6 is 67.8 Å². The van der Waals surface area contributed by atoms with Crippen molar-refractivity contribution in [3.63, 3.8) is 0 Å². The third-order valence-electron chi connectivity index (χ3n) is 1.81. The van der Waals surface area contributed by atoms with E-state index in [2.05, 4.69) is 49.6 Å². The average Bonchev–Trinajstić information content (AvgIpc) is 2.22. The van der Waals surface area contributed by atoms with E-state index in [9.17, 15) is 13.5 Å². The summed E-state index contributed by atoms with van der Waals surface area (Å²) in [6, 6.07) is 3.55. The summed E-state index contributed by atoms with van der Waals surface area (Å²) < 4.78 is 28.3. The first-order chi connectivity index (χ1) is 7.76. The molecule has 0 aliphatic heterocycles. The van der Waals surface area contributed by atoms with Crippen molar-refractivity contribution in [3.8, 4) is 0 Å². The molecule has 0 bridgehead atoms. The fourth-order valence-corrected chi connectivity index (χ4v) is 3.82. The largest absolute Gasteiger partial charge is 0.858 e. The number of nitrogens with zero attached hydrogens (tertiary/aromatic N) is 1. The van der Waals surface area contributed by atoms with Crippen LogP contribution in [0.3, 0.4) is 0 Å². The second-order valence-electron chi connectivity index (χ2n) is 3.02. The molecule has 0 unspecified atom stereocenters. The molecule has 17 heavy (non-hydrogen) atoms. The van der Waals surface area contributed by atoms with E-state index in [1.54, 1.807) is 6.07 Å². The van der Waals surface area contributed by atoms with Crippen molar-refractivity contribution in [3.05, 3.63) is 28.4 Å². The van der Waals surface area contributed by atoms with Crippen LogP contribution in [0.4, 0.5) is 0 Å². The van der Waals surface area contributed by atoms with Gasteiger partial charge in [-0.2, -0.15) is 4.40 Å². The number of benzene rings is 1. The van der Waals surface area contributed by atoms with Gasteiger partial charge >= 0.3 is 0 Å². The molecule has 0 saturated carbocycles. The molecule has 0 heterocycles. The second kappa shape index (κ2) is 6.32. The summed E-state index contributed by atoms with van der Waals surface area (Å²) in [5, 5.41) is 11.8. The van der Waals surface area contributed by atoms with Crippen molar-refractivity contribution in [1.82, 2.24) is 0 Å². The molecular formula is C9H7I3NO3S-. The van der Waals surface area contributed by atoms with Crippen LogP contribution in [-0.4, -0.2) is 20.1 Å². The first kappa shape index (κ1) is 15.9. The third kappa shape index (κ3) is 4.45. The molecule has 0 amide bonds. The van der Waals surface area contributed by atoms with Crippen molar-refractivity contribution in [2.45, 2.75) is 6.92 Å². The molecule has 0 aliphatic carbocycles. The topological polar surface area (TPSA) is 69.6 Å². The highest BCUT2D eigenvalue weighted by atomic mass is 127. The highest BCUT2D eigenvalue weighted by molar-refractivity contribution is 14.1. The normalized spacial score (nSPS) is 12.8. The SMILES string of the molecule is CCS(=O)(=O)/N=C(\[O-])c1cc(I)cc(I)c1I. The van der Waals surface area contributed by atoms with Gasteiger partial charge in [-0.3, -0.25) is 0 Å². The van der Waals surface area contributed by atoms with Crippen LogP contribution < -0.4 is 5.11 Å². The summed E-state index contributed by atoms with van der Waals surface area (Å²) in [5.74, 6) is -0.872. The Morgan fingerprint density at radius 3 is 2.47 bits per heavy atom. The van der Waals surface area contributed by atoms with Gasteiger partial charge in [0.05, 0.1) is 5.75 Å². The summed E-state index contributed by atoms with van der Waals surface area (Å²) in [7, 11) is -3.64. The van der Waals surface area contributed by atoms with Crippen molar-refractivity contribution in [2.75, 3.05) is 5.75 Å². The standard InChI is InChI=1S/C9H8I3NO3S/c1-2-17(15,16)13-9(14)6-3-5(10)4-7(11)8(6)12/h3-4H,2H2,1H3,(H,13,14)/p-1. The number of hydrogen-bond acceptors (Lipinski definition) is 3. The Bertz CT molecular complexity index is 569. The summed E-state index contributed by atoms with van der Waals surface area (Å²) in [5.41, 5.74) is 0.332. The molecule has 0 N–H and O–H groups in total. The molecule has 4 nitrogen and oxygen atoms in total. The van der Waals surface area contributed by atoms with Crippen LogP contribution in [0.25, 0.3) is 0 Å². The smallest absolute Gasteiger partial charge is 0.252 e. The Labute approximate surface area is 141 Å². The van der Waals surface area contributed by atoms with Gasteiger partial charge in [0.15, 0.2) is 0 Å². The maximum atomic E-state index is 11.8. The van der Waals surface area contributed by atoms with E-state index in [0.717, 1.165) is 10.7 Å². The van der Waals surface area contributed by atoms with Crippen LogP contribution in [0.15, 0.2) is 16.5 Å². The van der Waals surface area contributed by atoms with E-state index < -0.39 is 15.9 Å². The zero-order chi connectivity index (χ0) is 13.2. The third-order valence-corrected chi connectivity index (χ3v) is 6.65. The molecule has 0 aromatic heterocycles. The maximum absolute atomic E-state index is 11.8. The molecule has 0 radical (unpaired) electrons. The lowest BCUT2D eigenvalue weighted by Crippen LogP contribution is -2.23. The molecule has 0 spiro atoms. The minimum absolute atomic E-state index is 0.170. The van der Waals surface area contributed by atoms with E-state index in [4.69, 9.17) is 0 Å². The Morgan fingerprint density at radius 1 is 1.35 bits per heavy atom. The molecule has 0 atom stereocenters. The first-order valence-corrected chi connectivity index (χ1v) is 9.26. The molecule has 1 rings (SSSR count). The zero-order valence-electron chi connectivity index (χ0n) is 8.58. The number of sulfonamides is 1. The van der Waals surface area contributed by atoms with Crippen LogP contribution in [0.1, 0.15) is 12.5 Å². The molecule has 8 heteroatoms. The van der Waals surface area contributed by atoms with E-state index in [1.165, 1.54) is 6.92 Å². The monoisotopic (exact) mass is 590 g/mol. The molecule has 94 valence electrons. The fraction of sp³-hybridized carbons (Fsp3) is 0.222. The molecule has 0 fully saturated rings. The van der Waals surface area contributed by atoms with E-state index in [1.807, 2.05) is 28.7 Å². The number of halogens is 3. The van der Waals surface area contributed by atoms with Crippen molar-refractivity contribution in [2.24, 2.45) is 4.40 Å². The summed E-state index contributed by atoms with van der Waals surface area (Å²) >= 11 is 6.19. The predicted octanol–water partition coefficient (Wildman–Crippen LogP) is 1.96. The molecule has 1 aromatic carbocycles. The number of rotatable bonds is 3. The summed E-state index contributed by atoms with van der Waals surface area (Å²) in [6.07, 6.45) is 0. The van der Waals surface area contributed by atoms with Crippen LogP contribution in [-0.2, 0) is 10.0 Å². The Balaban J connectivity index is 3.36. The van der Waals surface area contributed by atoms with Gasteiger partial charge in [0.25, 0.3) is 10.0 Å². The van der Waals surface area contributed by atoms with E-state index in [0.29, 0.717) is 5.56 Å². The first-order valence-electron chi connectivity index (χ1n) is 4.41. The van der Waals surface area contributed by atoms with Crippen LogP contribution in [0.2, 0.25) is 0 Å². The highest BCUT2D eigenvalue weighted by Gasteiger charge is 2.09.